The van der Waals surface area contributed by atoms with Crippen molar-refractivity contribution in [1.29, 1.82) is 0 Å². The maximum absolute atomic E-state index is 12.3. The number of aryl methyl sites for hydroxylation is 2. The number of pyridine rings is 1. The van der Waals surface area contributed by atoms with Gasteiger partial charge in [-0.3, -0.25) is 9.59 Å². The fourth-order valence-corrected chi connectivity index (χ4v) is 2.19. The molecule has 1 amide bonds. The van der Waals surface area contributed by atoms with Crippen LogP contribution >= 0.6 is 0 Å². The molecule has 0 unspecified atom stereocenters. The van der Waals surface area contributed by atoms with Gasteiger partial charge in [0.25, 0.3) is 5.91 Å². The quantitative estimate of drug-likeness (QED) is 0.850. The summed E-state index contributed by atoms with van der Waals surface area (Å²) in [6.07, 6.45) is 2.40. The second-order valence-corrected chi connectivity index (χ2v) is 6.36. The van der Waals surface area contributed by atoms with Crippen molar-refractivity contribution in [2.24, 2.45) is 5.92 Å². The Morgan fingerprint density at radius 2 is 2.00 bits per heavy atom. The van der Waals surface area contributed by atoms with Crippen LogP contribution in [0.4, 0.5) is 5.69 Å². The fraction of sp³-hybridized carbons (Fsp3) is 0.368. The zero-order valence-corrected chi connectivity index (χ0v) is 14.6. The van der Waals surface area contributed by atoms with Crippen LogP contribution in [0, 0.1) is 19.8 Å². The van der Waals surface area contributed by atoms with Crippen molar-refractivity contribution < 1.29 is 9.53 Å². The number of carbonyl (C=O) groups excluding carboxylic acids is 1. The minimum Gasteiger partial charge on any atom is -0.493 e. The molecule has 1 aromatic heterocycles. The highest BCUT2D eigenvalue weighted by atomic mass is 16.5. The number of ether oxygens (including phenoxy) is 1. The maximum Gasteiger partial charge on any atom is 0.261 e. The molecule has 0 aliphatic carbocycles. The van der Waals surface area contributed by atoms with E-state index in [0.717, 1.165) is 17.7 Å². The molecule has 2 N–H and O–H groups in total. The number of aromatic nitrogens is 1. The fourth-order valence-electron chi connectivity index (χ4n) is 2.19. The molecule has 0 radical (unpaired) electrons. The van der Waals surface area contributed by atoms with E-state index in [1.54, 1.807) is 19.1 Å². The van der Waals surface area contributed by atoms with Crippen LogP contribution in [-0.4, -0.2) is 17.5 Å². The van der Waals surface area contributed by atoms with Crippen molar-refractivity contribution in [3.05, 3.63) is 57.5 Å². The van der Waals surface area contributed by atoms with Gasteiger partial charge in [-0.1, -0.05) is 19.9 Å². The van der Waals surface area contributed by atoms with Gasteiger partial charge < -0.3 is 15.0 Å². The van der Waals surface area contributed by atoms with Gasteiger partial charge in [-0.05, 0) is 37.8 Å². The smallest absolute Gasteiger partial charge is 0.261 e. The summed E-state index contributed by atoms with van der Waals surface area (Å²) in [5.41, 5.74) is 2.11. The number of H-pyrrole nitrogens is 1. The van der Waals surface area contributed by atoms with Crippen LogP contribution in [-0.2, 0) is 0 Å². The number of nitrogens with one attached hydrogen (secondary N) is 2. The number of carbonyl (C=O) groups is 1. The average Bonchev–Trinajstić information content (AvgIpc) is 2.49. The Balaban J connectivity index is 2.11. The third-order valence-electron chi connectivity index (χ3n) is 3.70. The molecule has 5 heteroatoms. The lowest BCUT2D eigenvalue weighted by Gasteiger charge is -2.13. The van der Waals surface area contributed by atoms with Crippen molar-refractivity contribution >= 4 is 11.6 Å². The molecule has 0 fully saturated rings. The Hall–Kier alpha value is -2.56. The highest BCUT2D eigenvalue weighted by Crippen LogP contribution is 2.23. The van der Waals surface area contributed by atoms with Gasteiger partial charge in [0, 0.05) is 29.7 Å². The molecule has 0 bridgehead atoms. The van der Waals surface area contributed by atoms with Crippen molar-refractivity contribution in [3.63, 3.8) is 0 Å². The van der Waals surface area contributed by atoms with Crippen molar-refractivity contribution in [3.8, 4) is 5.75 Å². The molecular formula is C19H24N2O3. The Morgan fingerprint density at radius 1 is 1.25 bits per heavy atom. The molecule has 2 rings (SSSR count). The number of hydrogen-bond acceptors (Lipinski definition) is 3. The van der Waals surface area contributed by atoms with Crippen molar-refractivity contribution in [2.75, 3.05) is 11.9 Å². The van der Waals surface area contributed by atoms with Crippen LogP contribution in [0.15, 0.2) is 35.3 Å². The van der Waals surface area contributed by atoms with E-state index >= 15 is 0 Å². The molecule has 0 saturated carbocycles. The second kappa shape index (κ2) is 7.81. The van der Waals surface area contributed by atoms with Crippen molar-refractivity contribution in [2.45, 2.75) is 34.1 Å². The van der Waals surface area contributed by atoms with Crippen LogP contribution < -0.4 is 15.5 Å². The van der Waals surface area contributed by atoms with Crippen LogP contribution in [0.2, 0.25) is 0 Å². The van der Waals surface area contributed by atoms with Gasteiger partial charge in [-0.25, -0.2) is 0 Å². The maximum atomic E-state index is 12.3. The highest BCUT2D eigenvalue weighted by Gasteiger charge is 2.11. The lowest BCUT2D eigenvalue weighted by molar-refractivity contribution is 0.102. The zero-order valence-electron chi connectivity index (χ0n) is 14.6. The van der Waals surface area contributed by atoms with Gasteiger partial charge in [0.15, 0.2) is 5.43 Å². The minimum absolute atomic E-state index is 0.0865. The van der Waals surface area contributed by atoms with E-state index in [4.69, 9.17) is 4.74 Å². The highest BCUT2D eigenvalue weighted by molar-refractivity contribution is 6.04. The van der Waals surface area contributed by atoms with E-state index in [0.29, 0.717) is 23.9 Å². The molecule has 1 heterocycles. The Labute approximate surface area is 142 Å². The summed E-state index contributed by atoms with van der Waals surface area (Å²) in [4.78, 5) is 27.0. The summed E-state index contributed by atoms with van der Waals surface area (Å²) in [7, 11) is 0. The molecule has 0 saturated heterocycles. The zero-order chi connectivity index (χ0) is 17.7. The van der Waals surface area contributed by atoms with Crippen molar-refractivity contribution in [1.82, 2.24) is 4.98 Å². The number of anilines is 1. The summed E-state index contributed by atoms with van der Waals surface area (Å²) in [6, 6.07) is 6.88. The average molecular weight is 328 g/mol. The van der Waals surface area contributed by atoms with E-state index in [1.165, 1.54) is 12.3 Å². The molecule has 0 spiro atoms. The first-order valence-corrected chi connectivity index (χ1v) is 8.11. The molecular weight excluding hydrogens is 304 g/mol. The normalized spacial score (nSPS) is 10.7. The summed E-state index contributed by atoms with van der Waals surface area (Å²) >= 11 is 0. The largest absolute Gasteiger partial charge is 0.493 e. The molecule has 0 atom stereocenters. The molecule has 1 aromatic carbocycles. The summed E-state index contributed by atoms with van der Waals surface area (Å²) in [5.74, 6) is 0.876. The van der Waals surface area contributed by atoms with Gasteiger partial charge >= 0.3 is 0 Å². The van der Waals surface area contributed by atoms with Gasteiger partial charge in [0.1, 0.15) is 11.3 Å². The van der Waals surface area contributed by atoms with Crippen LogP contribution in [0.1, 0.15) is 41.9 Å². The lowest BCUT2D eigenvalue weighted by atomic mass is 10.1. The van der Waals surface area contributed by atoms with Gasteiger partial charge in [0.05, 0.1) is 6.61 Å². The lowest BCUT2D eigenvalue weighted by Crippen LogP contribution is -2.21. The topological polar surface area (TPSA) is 71.2 Å². The molecule has 0 aliphatic rings. The minimum atomic E-state index is -0.437. The van der Waals surface area contributed by atoms with E-state index in [1.807, 2.05) is 13.0 Å². The van der Waals surface area contributed by atoms with E-state index in [2.05, 4.69) is 24.1 Å². The monoisotopic (exact) mass is 328 g/mol. The number of rotatable bonds is 6. The second-order valence-electron chi connectivity index (χ2n) is 6.36. The summed E-state index contributed by atoms with van der Waals surface area (Å²) in [5, 5.41) is 2.75. The van der Waals surface area contributed by atoms with Gasteiger partial charge in [-0.2, -0.15) is 0 Å². The number of aromatic amines is 1. The number of benzene rings is 1. The summed E-state index contributed by atoms with van der Waals surface area (Å²) in [6.45, 7) is 8.65. The Bertz CT molecular complexity index is 778. The molecule has 5 nitrogen and oxygen atoms in total. The standard InChI is InChI=1S/C19H24N2O3/c1-12(2)7-8-24-18-10-15(6-5-13(18)3)21-19(23)16-11-20-14(4)9-17(16)22/h5-6,9-12H,7-8H2,1-4H3,(H,20,22)(H,21,23). The van der Waals surface area contributed by atoms with Gasteiger partial charge in [0.2, 0.25) is 0 Å². The predicted octanol–water partition coefficient (Wildman–Crippen LogP) is 3.67. The van der Waals surface area contributed by atoms with Crippen LogP contribution in [0.25, 0.3) is 0 Å². The molecule has 0 aliphatic heterocycles. The molecule has 2 aromatic rings. The SMILES string of the molecule is Cc1cc(=O)c(C(=O)Nc2ccc(C)c(OCCC(C)C)c2)c[nH]1. The first kappa shape index (κ1) is 17.8. The molecule has 128 valence electrons. The Morgan fingerprint density at radius 3 is 2.67 bits per heavy atom. The first-order valence-electron chi connectivity index (χ1n) is 8.11. The molecule has 24 heavy (non-hydrogen) atoms. The van der Waals surface area contributed by atoms with E-state index in [-0.39, 0.29) is 11.0 Å². The Kier molecular flexibility index (Phi) is 5.79. The predicted molar refractivity (Wildman–Crippen MR) is 95.9 cm³/mol. The van der Waals surface area contributed by atoms with Crippen LogP contribution in [0.3, 0.4) is 0 Å². The third kappa shape index (κ3) is 4.72. The van der Waals surface area contributed by atoms with E-state index < -0.39 is 5.91 Å². The number of hydrogen-bond donors (Lipinski definition) is 2. The first-order chi connectivity index (χ1) is 11.4. The summed E-state index contributed by atoms with van der Waals surface area (Å²) < 4.78 is 5.80. The van der Waals surface area contributed by atoms with E-state index in [9.17, 15) is 9.59 Å². The van der Waals surface area contributed by atoms with Crippen LogP contribution in [0.5, 0.6) is 5.75 Å². The number of amides is 1. The van der Waals surface area contributed by atoms with Gasteiger partial charge in [-0.15, -0.1) is 0 Å². The third-order valence-corrected chi connectivity index (χ3v) is 3.70.